The third kappa shape index (κ3) is 2.94. The molecule has 0 unspecified atom stereocenters. The second-order valence-corrected chi connectivity index (χ2v) is 4.34. The summed E-state index contributed by atoms with van der Waals surface area (Å²) in [5.41, 5.74) is 0.00258. The van der Waals surface area contributed by atoms with E-state index in [-0.39, 0.29) is 5.88 Å². The molecule has 0 saturated carbocycles. The van der Waals surface area contributed by atoms with E-state index < -0.39 is 11.7 Å². The molecule has 1 aromatic carbocycles. The zero-order valence-corrected chi connectivity index (χ0v) is 10.6. The summed E-state index contributed by atoms with van der Waals surface area (Å²) in [6.45, 7) is 0. The van der Waals surface area contributed by atoms with Crippen molar-refractivity contribution in [2.45, 2.75) is 6.18 Å². The van der Waals surface area contributed by atoms with Gasteiger partial charge in [0, 0.05) is 23.8 Å². The second kappa shape index (κ2) is 5.05. The number of fused-ring (bicyclic) bond motifs is 1. The zero-order chi connectivity index (χ0) is 14.9. The first-order valence-electron chi connectivity index (χ1n) is 6.08. The van der Waals surface area contributed by atoms with Gasteiger partial charge in [-0.25, -0.2) is 4.98 Å². The highest BCUT2D eigenvalue weighted by molar-refractivity contribution is 5.79. The maximum atomic E-state index is 12.4. The first-order chi connectivity index (χ1) is 10.0. The number of halogens is 3. The predicted octanol–water partition coefficient (Wildman–Crippen LogP) is 4.44. The zero-order valence-electron chi connectivity index (χ0n) is 10.6. The van der Waals surface area contributed by atoms with Crippen LogP contribution in [0.4, 0.5) is 13.2 Å². The molecule has 0 bridgehead atoms. The van der Waals surface area contributed by atoms with Crippen LogP contribution in [0.3, 0.4) is 0 Å². The Kier molecular flexibility index (Phi) is 3.21. The fraction of sp³-hybridized carbons (Fsp3) is 0.0667. The molecule has 3 aromatic rings. The molecule has 0 aliphatic rings. The summed E-state index contributed by atoms with van der Waals surface area (Å²) in [5, 5.41) is 0.877. The van der Waals surface area contributed by atoms with Crippen LogP contribution in [0, 0.1) is 0 Å². The Bertz CT molecular complexity index is 770. The van der Waals surface area contributed by atoms with Crippen LogP contribution >= 0.6 is 0 Å². The number of alkyl halides is 3. The lowest BCUT2D eigenvalue weighted by Gasteiger charge is -2.08. The van der Waals surface area contributed by atoms with Gasteiger partial charge >= 0.3 is 6.18 Å². The summed E-state index contributed by atoms with van der Waals surface area (Å²) in [6, 6.07) is 11.0. The van der Waals surface area contributed by atoms with Gasteiger partial charge in [-0.1, -0.05) is 6.07 Å². The molecular weight excluding hydrogens is 281 g/mol. The van der Waals surface area contributed by atoms with Crippen molar-refractivity contribution >= 4 is 10.9 Å². The minimum absolute atomic E-state index is 0.103. The topological polar surface area (TPSA) is 35.0 Å². The lowest BCUT2D eigenvalue weighted by atomic mass is 10.2. The molecule has 0 amide bonds. The van der Waals surface area contributed by atoms with E-state index in [1.54, 1.807) is 30.5 Å². The highest BCUT2D eigenvalue weighted by Crippen LogP contribution is 2.30. The van der Waals surface area contributed by atoms with Crippen LogP contribution < -0.4 is 4.74 Å². The van der Waals surface area contributed by atoms with Crippen LogP contribution in [-0.4, -0.2) is 9.97 Å². The summed E-state index contributed by atoms with van der Waals surface area (Å²) in [6.07, 6.45) is -1.97. The molecule has 6 heteroatoms. The molecule has 2 heterocycles. The standard InChI is InChI=1S/C15H9F3N2O/c16-15(17,18)11-3-6-14(20-9-11)21-12-4-5-13-10(8-12)2-1-7-19-13/h1-9H. The monoisotopic (exact) mass is 290 g/mol. The van der Waals surface area contributed by atoms with Gasteiger partial charge in [-0.05, 0) is 30.3 Å². The van der Waals surface area contributed by atoms with Gasteiger partial charge in [-0.3, -0.25) is 4.98 Å². The Hall–Kier alpha value is -2.63. The maximum absolute atomic E-state index is 12.4. The molecule has 0 radical (unpaired) electrons. The summed E-state index contributed by atoms with van der Waals surface area (Å²) >= 11 is 0. The fourth-order valence-corrected chi connectivity index (χ4v) is 1.85. The molecule has 21 heavy (non-hydrogen) atoms. The van der Waals surface area contributed by atoms with E-state index in [4.69, 9.17) is 4.74 Å². The first kappa shape index (κ1) is 13.4. The van der Waals surface area contributed by atoms with Crippen molar-refractivity contribution in [3.8, 4) is 11.6 Å². The number of hydrogen-bond acceptors (Lipinski definition) is 3. The van der Waals surface area contributed by atoms with Crippen molar-refractivity contribution in [2.75, 3.05) is 0 Å². The molecule has 0 aliphatic heterocycles. The quantitative estimate of drug-likeness (QED) is 0.699. The molecule has 0 fully saturated rings. The predicted molar refractivity (Wildman–Crippen MR) is 71.1 cm³/mol. The van der Waals surface area contributed by atoms with E-state index in [2.05, 4.69) is 9.97 Å². The van der Waals surface area contributed by atoms with Crippen molar-refractivity contribution in [3.63, 3.8) is 0 Å². The van der Waals surface area contributed by atoms with Crippen LogP contribution in [0.25, 0.3) is 10.9 Å². The maximum Gasteiger partial charge on any atom is 0.417 e. The smallest absolute Gasteiger partial charge is 0.417 e. The number of aromatic nitrogens is 2. The van der Waals surface area contributed by atoms with Crippen molar-refractivity contribution in [1.29, 1.82) is 0 Å². The normalized spacial score (nSPS) is 11.6. The van der Waals surface area contributed by atoms with Gasteiger partial charge in [0.1, 0.15) is 5.75 Å². The van der Waals surface area contributed by atoms with Gasteiger partial charge in [0.05, 0.1) is 11.1 Å². The number of rotatable bonds is 2. The van der Waals surface area contributed by atoms with Crippen molar-refractivity contribution in [1.82, 2.24) is 9.97 Å². The van der Waals surface area contributed by atoms with E-state index >= 15 is 0 Å². The molecule has 0 aliphatic carbocycles. The third-order valence-corrected chi connectivity index (χ3v) is 2.86. The highest BCUT2D eigenvalue weighted by atomic mass is 19.4. The number of nitrogens with zero attached hydrogens (tertiary/aromatic N) is 2. The molecular formula is C15H9F3N2O. The van der Waals surface area contributed by atoms with Crippen molar-refractivity contribution < 1.29 is 17.9 Å². The first-order valence-corrected chi connectivity index (χ1v) is 6.08. The average Bonchev–Trinajstić information content (AvgIpc) is 2.47. The highest BCUT2D eigenvalue weighted by Gasteiger charge is 2.30. The summed E-state index contributed by atoms with van der Waals surface area (Å²) < 4.78 is 42.7. The number of ether oxygens (including phenoxy) is 1. The van der Waals surface area contributed by atoms with Crippen molar-refractivity contribution in [2.24, 2.45) is 0 Å². The molecule has 2 aromatic heterocycles. The lowest BCUT2D eigenvalue weighted by Crippen LogP contribution is -2.05. The van der Waals surface area contributed by atoms with Gasteiger partial charge in [0.2, 0.25) is 5.88 Å². The van der Waals surface area contributed by atoms with Crippen LogP contribution in [0.2, 0.25) is 0 Å². The van der Waals surface area contributed by atoms with Gasteiger partial charge in [-0.2, -0.15) is 13.2 Å². The van der Waals surface area contributed by atoms with Crippen LogP contribution in [-0.2, 0) is 6.18 Å². The largest absolute Gasteiger partial charge is 0.439 e. The van der Waals surface area contributed by atoms with E-state index in [0.717, 1.165) is 23.2 Å². The van der Waals surface area contributed by atoms with E-state index in [1.165, 1.54) is 6.07 Å². The van der Waals surface area contributed by atoms with E-state index in [9.17, 15) is 13.2 Å². The molecule has 0 spiro atoms. The Morgan fingerprint density at radius 2 is 1.81 bits per heavy atom. The van der Waals surface area contributed by atoms with Gasteiger partial charge in [0.25, 0.3) is 0 Å². The third-order valence-electron chi connectivity index (χ3n) is 2.86. The molecule has 0 N–H and O–H groups in total. The molecule has 3 nitrogen and oxygen atoms in total. The second-order valence-electron chi connectivity index (χ2n) is 4.34. The van der Waals surface area contributed by atoms with Gasteiger partial charge < -0.3 is 4.74 Å². The Morgan fingerprint density at radius 3 is 2.52 bits per heavy atom. The van der Waals surface area contributed by atoms with Gasteiger partial charge in [-0.15, -0.1) is 0 Å². The number of benzene rings is 1. The fourth-order valence-electron chi connectivity index (χ4n) is 1.85. The number of pyridine rings is 2. The van der Waals surface area contributed by atoms with Crippen molar-refractivity contribution in [3.05, 3.63) is 60.4 Å². The summed E-state index contributed by atoms with van der Waals surface area (Å²) in [7, 11) is 0. The average molecular weight is 290 g/mol. The minimum Gasteiger partial charge on any atom is -0.439 e. The van der Waals surface area contributed by atoms with E-state index in [0.29, 0.717) is 5.75 Å². The molecule has 3 rings (SSSR count). The number of hydrogen-bond donors (Lipinski definition) is 0. The van der Waals surface area contributed by atoms with E-state index in [1.807, 2.05) is 6.07 Å². The van der Waals surface area contributed by atoms with Crippen LogP contribution in [0.1, 0.15) is 5.56 Å². The SMILES string of the molecule is FC(F)(F)c1ccc(Oc2ccc3ncccc3c2)nc1. The Labute approximate surface area is 118 Å². The molecule has 106 valence electrons. The summed E-state index contributed by atoms with van der Waals surface area (Å²) in [4.78, 5) is 7.83. The van der Waals surface area contributed by atoms with Crippen LogP contribution in [0.5, 0.6) is 11.6 Å². The lowest BCUT2D eigenvalue weighted by molar-refractivity contribution is -0.137. The van der Waals surface area contributed by atoms with Gasteiger partial charge in [0.15, 0.2) is 0 Å². The molecule has 0 saturated heterocycles. The Morgan fingerprint density at radius 1 is 0.952 bits per heavy atom. The minimum atomic E-state index is -4.40. The van der Waals surface area contributed by atoms with Crippen LogP contribution in [0.15, 0.2) is 54.9 Å². The summed E-state index contributed by atoms with van der Waals surface area (Å²) in [5.74, 6) is 0.592. The molecule has 0 atom stereocenters. The Balaban J connectivity index is 1.84.